The number of benzene rings is 2. The SMILES string of the molecule is c1ccc2c(c1)Cc1ccc3c(nc4c5ncccc5c5cnccc5n34)c1-2. The maximum atomic E-state index is 5.14. The number of pyridine rings is 3. The van der Waals surface area contributed by atoms with Crippen molar-refractivity contribution in [2.24, 2.45) is 0 Å². The number of imidazole rings is 1. The monoisotopic (exact) mass is 358 g/mol. The Morgan fingerprint density at radius 1 is 0.750 bits per heavy atom. The van der Waals surface area contributed by atoms with Gasteiger partial charge in [0.15, 0.2) is 5.65 Å². The van der Waals surface area contributed by atoms with Crippen molar-refractivity contribution in [2.45, 2.75) is 6.42 Å². The van der Waals surface area contributed by atoms with E-state index in [1.165, 1.54) is 22.3 Å². The third-order valence-corrected chi connectivity index (χ3v) is 5.93. The highest BCUT2D eigenvalue weighted by Gasteiger charge is 2.24. The van der Waals surface area contributed by atoms with Crippen LogP contribution in [0.1, 0.15) is 11.1 Å². The largest absolute Gasteiger partial charge is 0.290 e. The highest BCUT2D eigenvalue weighted by molar-refractivity contribution is 6.13. The van der Waals surface area contributed by atoms with E-state index in [0.717, 1.165) is 44.9 Å². The molecule has 0 unspecified atom stereocenters. The van der Waals surface area contributed by atoms with Gasteiger partial charge in [-0.3, -0.25) is 14.4 Å². The fraction of sp³-hybridized carbons (Fsp3) is 0.0417. The van der Waals surface area contributed by atoms with Crippen LogP contribution in [0.2, 0.25) is 0 Å². The van der Waals surface area contributed by atoms with Crippen LogP contribution in [-0.4, -0.2) is 19.4 Å². The molecule has 4 aromatic heterocycles. The van der Waals surface area contributed by atoms with E-state index in [9.17, 15) is 0 Å². The van der Waals surface area contributed by atoms with Gasteiger partial charge in [-0.05, 0) is 41.3 Å². The Bertz CT molecular complexity index is 1590. The van der Waals surface area contributed by atoms with Crippen LogP contribution in [0.4, 0.5) is 0 Å². The summed E-state index contributed by atoms with van der Waals surface area (Å²) >= 11 is 0. The molecular formula is C24H14N4. The van der Waals surface area contributed by atoms with Crippen LogP contribution in [0.3, 0.4) is 0 Å². The summed E-state index contributed by atoms with van der Waals surface area (Å²) in [5, 5.41) is 2.18. The second kappa shape index (κ2) is 4.93. The van der Waals surface area contributed by atoms with Gasteiger partial charge in [-0.15, -0.1) is 0 Å². The van der Waals surface area contributed by atoms with Crippen molar-refractivity contribution in [3.05, 3.63) is 84.3 Å². The predicted molar refractivity (Wildman–Crippen MR) is 112 cm³/mol. The summed E-state index contributed by atoms with van der Waals surface area (Å²) in [6, 6.07) is 19.3. The molecule has 6 aromatic rings. The zero-order valence-electron chi connectivity index (χ0n) is 14.9. The molecule has 1 aliphatic rings. The minimum absolute atomic E-state index is 0.905. The zero-order valence-corrected chi connectivity index (χ0v) is 14.9. The molecule has 0 radical (unpaired) electrons. The highest BCUT2D eigenvalue weighted by Crippen LogP contribution is 2.42. The molecule has 0 amide bonds. The maximum absolute atomic E-state index is 5.14. The molecule has 0 spiro atoms. The van der Waals surface area contributed by atoms with Crippen molar-refractivity contribution in [2.75, 3.05) is 0 Å². The molecule has 0 atom stereocenters. The number of aromatic nitrogens is 4. The molecule has 7 rings (SSSR count). The normalized spacial score (nSPS) is 12.9. The Hall–Kier alpha value is -3.79. The minimum Gasteiger partial charge on any atom is -0.290 e. The average Bonchev–Trinajstić information content (AvgIpc) is 3.32. The van der Waals surface area contributed by atoms with Crippen molar-refractivity contribution < 1.29 is 0 Å². The van der Waals surface area contributed by atoms with E-state index in [1.807, 2.05) is 24.7 Å². The topological polar surface area (TPSA) is 43.1 Å². The lowest BCUT2D eigenvalue weighted by Crippen LogP contribution is -1.93. The Kier molecular flexibility index (Phi) is 2.51. The lowest BCUT2D eigenvalue weighted by atomic mass is 10.0. The first-order valence-electron chi connectivity index (χ1n) is 9.43. The molecule has 2 aromatic carbocycles. The number of hydrogen-bond donors (Lipinski definition) is 0. The van der Waals surface area contributed by atoms with Crippen LogP contribution in [0.25, 0.3) is 49.6 Å². The van der Waals surface area contributed by atoms with Gasteiger partial charge >= 0.3 is 0 Å². The Labute approximate surface area is 160 Å². The van der Waals surface area contributed by atoms with Crippen molar-refractivity contribution in [1.82, 2.24) is 19.4 Å². The molecule has 130 valence electrons. The summed E-state index contributed by atoms with van der Waals surface area (Å²) in [6.07, 6.45) is 6.58. The number of nitrogens with zero attached hydrogens (tertiary/aromatic N) is 4. The Morgan fingerprint density at radius 2 is 1.71 bits per heavy atom. The van der Waals surface area contributed by atoms with Crippen molar-refractivity contribution in [1.29, 1.82) is 0 Å². The zero-order chi connectivity index (χ0) is 18.2. The van der Waals surface area contributed by atoms with E-state index in [1.54, 1.807) is 0 Å². The van der Waals surface area contributed by atoms with Crippen LogP contribution in [-0.2, 0) is 6.42 Å². The number of fused-ring (bicyclic) bond motifs is 12. The molecule has 4 nitrogen and oxygen atoms in total. The standard InChI is InChI=1S/C24H14N4/c1-2-5-16-14(4-1)12-15-7-8-20-23(21(15)16)27-24-22-17(6-3-10-26-22)18-13-25-11-9-19(18)28(20)24/h1-11,13H,12H2. The van der Waals surface area contributed by atoms with E-state index in [4.69, 9.17) is 4.98 Å². The van der Waals surface area contributed by atoms with Gasteiger partial charge in [0, 0.05) is 34.9 Å². The third-order valence-electron chi connectivity index (χ3n) is 5.93. The summed E-state index contributed by atoms with van der Waals surface area (Å²) in [7, 11) is 0. The molecular weight excluding hydrogens is 344 g/mol. The van der Waals surface area contributed by atoms with Crippen molar-refractivity contribution in [3.63, 3.8) is 0 Å². The molecule has 0 bridgehead atoms. The van der Waals surface area contributed by atoms with Crippen molar-refractivity contribution in [3.8, 4) is 11.1 Å². The second-order valence-electron chi connectivity index (χ2n) is 7.36. The first-order valence-corrected chi connectivity index (χ1v) is 9.43. The van der Waals surface area contributed by atoms with Gasteiger partial charge in [0.1, 0.15) is 5.52 Å². The summed E-state index contributed by atoms with van der Waals surface area (Å²) in [6.45, 7) is 0. The molecule has 0 saturated carbocycles. The number of rotatable bonds is 0. The molecule has 0 saturated heterocycles. The van der Waals surface area contributed by atoms with E-state index in [0.29, 0.717) is 0 Å². The summed E-state index contributed by atoms with van der Waals surface area (Å²) in [4.78, 5) is 14.2. The van der Waals surface area contributed by atoms with Crippen LogP contribution in [0.15, 0.2) is 73.2 Å². The van der Waals surface area contributed by atoms with E-state index >= 15 is 0 Å². The lowest BCUT2D eigenvalue weighted by Gasteiger charge is -2.07. The smallest absolute Gasteiger partial charge is 0.165 e. The van der Waals surface area contributed by atoms with Crippen LogP contribution < -0.4 is 0 Å². The first-order chi connectivity index (χ1) is 13.9. The van der Waals surface area contributed by atoms with Gasteiger partial charge in [0.25, 0.3) is 0 Å². The van der Waals surface area contributed by atoms with E-state index in [-0.39, 0.29) is 0 Å². The Morgan fingerprint density at radius 3 is 2.71 bits per heavy atom. The minimum atomic E-state index is 0.905. The fourth-order valence-corrected chi connectivity index (χ4v) is 4.75. The van der Waals surface area contributed by atoms with Gasteiger partial charge in [0.05, 0.1) is 16.6 Å². The first kappa shape index (κ1) is 14.3. The maximum Gasteiger partial charge on any atom is 0.165 e. The van der Waals surface area contributed by atoms with Crippen LogP contribution >= 0.6 is 0 Å². The van der Waals surface area contributed by atoms with Gasteiger partial charge < -0.3 is 0 Å². The summed E-state index contributed by atoms with van der Waals surface area (Å²) in [5.41, 5.74) is 10.4. The second-order valence-corrected chi connectivity index (χ2v) is 7.36. The van der Waals surface area contributed by atoms with Gasteiger partial charge in [-0.1, -0.05) is 36.4 Å². The summed E-state index contributed by atoms with van der Waals surface area (Å²) < 4.78 is 2.24. The molecule has 4 heterocycles. The molecule has 0 aliphatic heterocycles. The summed E-state index contributed by atoms with van der Waals surface area (Å²) in [5.74, 6) is 0. The van der Waals surface area contributed by atoms with Crippen molar-refractivity contribution >= 4 is 38.5 Å². The quantitative estimate of drug-likeness (QED) is 0.352. The lowest BCUT2D eigenvalue weighted by molar-refractivity contribution is 1.26. The van der Waals surface area contributed by atoms with E-state index < -0.39 is 0 Å². The van der Waals surface area contributed by atoms with Crippen LogP contribution in [0, 0.1) is 0 Å². The molecule has 0 fully saturated rings. The highest BCUT2D eigenvalue weighted by atomic mass is 15.0. The molecule has 28 heavy (non-hydrogen) atoms. The fourth-order valence-electron chi connectivity index (χ4n) is 4.75. The molecule has 0 N–H and O–H groups in total. The Balaban J connectivity index is 1.77. The molecule has 1 aliphatic carbocycles. The van der Waals surface area contributed by atoms with Gasteiger partial charge in [-0.2, -0.15) is 0 Å². The van der Waals surface area contributed by atoms with E-state index in [2.05, 4.69) is 62.9 Å². The molecule has 4 heteroatoms. The number of hydrogen-bond acceptors (Lipinski definition) is 3. The average molecular weight is 358 g/mol. The third kappa shape index (κ3) is 1.63. The van der Waals surface area contributed by atoms with Gasteiger partial charge in [-0.25, -0.2) is 4.98 Å². The predicted octanol–water partition coefficient (Wildman–Crippen LogP) is 5.16. The van der Waals surface area contributed by atoms with Gasteiger partial charge in [0.2, 0.25) is 0 Å². The van der Waals surface area contributed by atoms with Crippen LogP contribution in [0.5, 0.6) is 0 Å².